The number of nitrogens with one attached hydrogen (secondary N) is 1. The van der Waals surface area contributed by atoms with Gasteiger partial charge in [-0.2, -0.15) is 0 Å². The van der Waals surface area contributed by atoms with Crippen molar-refractivity contribution < 1.29 is 14.3 Å². The van der Waals surface area contributed by atoms with Crippen LogP contribution in [0.25, 0.3) is 16.7 Å². The van der Waals surface area contributed by atoms with Gasteiger partial charge in [0, 0.05) is 11.9 Å². The maximum atomic E-state index is 13.4. The van der Waals surface area contributed by atoms with Crippen LogP contribution in [0.3, 0.4) is 0 Å². The normalized spacial score (nSPS) is 10.8. The minimum atomic E-state index is -0.758. The number of hydrogen-bond donors (Lipinski definition) is 2. The average Bonchev–Trinajstić information content (AvgIpc) is 2.71. The van der Waals surface area contributed by atoms with Crippen LogP contribution in [0.4, 0.5) is 10.1 Å². The number of para-hydroxylation sites is 1. The molecule has 0 fully saturated rings. The van der Waals surface area contributed by atoms with Gasteiger partial charge in [-0.05, 0) is 55.0 Å². The van der Waals surface area contributed by atoms with Crippen molar-refractivity contribution in [2.24, 2.45) is 0 Å². The number of aryl methyl sites for hydroxylation is 1. The molecule has 0 saturated heterocycles. The number of carbonyl (C=O) groups is 1. The zero-order valence-electron chi connectivity index (χ0n) is 15.4. The first kappa shape index (κ1) is 18.4. The Morgan fingerprint density at radius 3 is 2.52 bits per heavy atom. The number of benzene rings is 2. The van der Waals surface area contributed by atoms with Gasteiger partial charge in [-0.25, -0.2) is 9.37 Å². The van der Waals surface area contributed by atoms with E-state index < -0.39 is 28.6 Å². The van der Waals surface area contributed by atoms with Crippen LogP contribution in [-0.4, -0.2) is 20.6 Å². The van der Waals surface area contributed by atoms with Crippen molar-refractivity contribution in [3.8, 4) is 11.4 Å². The Morgan fingerprint density at radius 1 is 1.07 bits per heavy atom. The van der Waals surface area contributed by atoms with Gasteiger partial charge in [-0.3, -0.25) is 14.2 Å². The third-order valence-corrected chi connectivity index (χ3v) is 4.61. The number of hydrogen-bond acceptors (Lipinski definition) is 4. The topological polar surface area (TPSA) is 84.2 Å². The van der Waals surface area contributed by atoms with Gasteiger partial charge in [0.2, 0.25) is 0 Å². The maximum absolute atomic E-state index is 13.4. The van der Waals surface area contributed by atoms with Crippen molar-refractivity contribution in [2.75, 3.05) is 5.32 Å². The highest BCUT2D eigenvalue weighted by molar-refractivity contribution is 6.09. The van der Waals surface area contributed by atoms with Crippen molar-refractivity contribution >= 4 is 22.6 Å². The molecule has 0 radical (unpaired) electrons. The number of pyridine rings is 2. The van der Waals surface area contributed by atoms with E-state index in [0.717, 1.165) is 5.56 Å². The maximum Gasteiger partial charge on any atom is 0.273 e. The lowest BCUT2D eigenvalue weighted by molar-refractivity contribution is 0.102. The third-order valence-electron chi connectivity index (χ3n) is 4.61. The third kappa shape index (κ3) is 3.23. The monoisotopic (exact) mass is 389 g/mol. The van der Waals surface area contributed by atoms with E-state index in [4.69, 9.17) is 0 Å². The first-order chi connectivity index (χ1) is 14.0. The molecule has 7 heteroatoms. The Balaban J connectivity index is 1.95. The molecule has 2 aromatic heterocycles. The van der Waals surface area contributed by atoms with Gasteiger partial charge in [0.15, 0.2) is 5.65 Å². The molecule has 0 unspecified atom stereocenters. The smallest absolute Gasteiger partial charge is 0.273 e. The van der Waals surface area contributed by atoms with Crippen LogP contribution in [0.2, 0.25) is 0 Å². The van der Waals surface area contributed by atoms with Crippen LogP contribution in [0, 0.1) is 12.7 Å². The molecule has 1 amide bonds. The molecule has 0 saturated carbocycles. The summed E-state index contributed by atoms with van der Waals surface area (Å²) in [5.41, 5.74) is 0.640. The van der Waals surface area contributed by atoms with Gasteiger partial charge >= 0.3 is 0 Å². The molecule has 0 aliphatic heterocycles. The Morgan fingerprint density at radius 2 is 1.79 bits per heavy atom. The fourth-order valence-corrected chi connectivity index (χ4v) is 3.14. The van der Waals surface area contributed by atoms with Crippen molar-refractivity contribution in [3.63, 3.8) is 0 Å². The average molecular weight is 389 g/mol. The molecule has 29 heavy (non-hydrogen) atoms. The highest BCUT2D eigenvalue weighted by Crippen LogP contribution is 2.27. The number of fused-ring (bicyclic) bond motifs is 1. The van der Waals surface area contributed by atoms with Crippen LogP contribution in [0.5, 0.6) is 5.75 Å². The quantitative estimate of drug-likeness (QED) is 0.558. The van der Waals surface area contributed by atoms with E-state index in [2.05, 4.69) is 10.3 Å². The van der Waals surface area contributed by atoms with Gasteiger partial charge in [-0.15, -0.1) is 0 Å². The van der Waals surface area contributed by atoms with Crippen molar-refractivity contribution in [3.05, 3.63) is 94.2 Å². The van der Waals surface area contributed by atoms with E-state index >= 15 is 0 Å². The highest BCUT2D eigenvalue weighted by Gasteiger charge is 2.24. The molecular weight excluding hydrogens is 373 g/mol. The number of aromatic nitrogens is 2. The number of halogens is 1. The minimum Gasteiger partial charge on any atom is -0.506 e. The zero-order valence-corrected chi connectivity index (χ0v) is 15.4. The summed E-state index contributed by atoms with van der Waals surface area (Å²) in [6.07, 6.45) is 1.47. The molecule has 144 valence electrons. The second-order valence-corrected chi connectivity index (χ2v) is 6.48. The SMILES string of the molecule is Cc1ccccc1NC(=O)c1c(O)c2cccnc2n(-c2ccc(F)cc2)c1=O. The van der Waals surface area contributed by atoms with E-state index in [0.29, 0.717) is 11.4 Å². The van der Waals surface area contributed by atoms with E-state index in [1.807, 2.05) is 19.1 Å². The van der Waals surface area contributed by atoms with Crippen LogP contribution in [0.15, 0.2) is 71.7 Å². The minimum absolute atomic E-state index is 0.161. The van der Waals surface area contributed by atoms with Crippen LogP contribution in [0.1, 0.15) is 15.9 Å². The number of anilines is 1. The number of carbonyl (C=O) groups excluding carboxylic acids is 1. The standard InChI is InChI=1S/C22H16FN3O3/c1-13-5-2-3-7-17(13)25-21(28)18-19(27)16-6-4-12-24-20(16)26(22(18)29)15-10-8-14(23)9-11-15/h2-12,27H,1H3,(H,25,28). The molecule has 0 aliphatic rings. The molecule has 0 bridgehead atoms. The van der Waals surface area contributed by atoms with E-state index in [-0.39, 0.29) is 11.0 Å². The summed E-state index contributed by atoms with van der Waals surface area (Å²) in [6, 6.07) is 15.5. The lowest BCUT2D eigenvalue weighted by atomic mass is 10.1. The molecule has 2 heterocycles. The summed E-state index contributed by atoms with van der Waals surface area (Å²) in [6.45, 7) is 1.82. The Labute approximate surface area is 164 Å². The van der Waals surface area contributed by atoms with Gasteiger partial charge in [0.1, 0.15) is 17.1 Å². The van der Waals surface area contributed by atoms with Crippen molar-refractivity contribution in [2.45, 2.75) is 6.92 Å². The molecule has 6 nitrogen and oxygen atoms in total. The highest BCUT2D eigenvalue weighted by atomic mass is 19.1. The molecule has 0 spiro atoms. The number of rotatable bonds is 3. The molecule has 0 atom stereocenters. The van der Waals surface area contributed by atoms with Crippen molar-refractivity contribution in [1.29, 1.82) is 0 Å². The summed E-state index contributed by atoms with van der Waals surface area (Å²) < 4.78 is 14.5. The lowest BCUT2D eigenvalue weighted by Gasteiger charge is -2.15. The fourth-order valence-electron chi connectivity index (χ4n) is 3.14. The number of aromatic hydroxyl groups is 1. The number of amides is 1. The van der Waals surface area contributed by atoms with Gasteiger partial charge < -0.3 is 10.4 Å². The molecule has 2 aromatic carbocycles. The van der Waals surface area contributed by atoms with Crippen LogP contribution >= 0.6 is 0 Å². The Kier molecular flexibility index (Phi) is 4.56. The fraction of sp³-hybridized carbons (Fsp3) is 0.0455. The molecular formula is C22H16FN3O3. The Hall–Kier alpha value is -4.00. The van der Waals surface area contributed by atoms with Crippen LogP contribution < -0.4 is 10.9 Å². The zero-order chi connectivity index (χ0) is 20.5. The Bertz CT molecular complexity index is 1300. The summed E-state index contributed by atoms with van der Waals surface area (Å²) in [4.78, 5) is 30.3. The predicted molar refractivity (Wildman–Crippen MR) is 108 cm³/mol. The second-order valence-electron chi connectivity index (χ2n) is 6.48. The molecule has 4 aromatic rings. The van der Waals surface area contributed by atoms with E-state index in [1.165, 1.54) is 35.0 Å². The van der Waals surface area contributed by atoms with E-state index in [9.17, 15) is 19.1 Å². The first-order valence-electron chi connectivity index (χ1n) is 8.83. The van der Waals surface area contributed by atoms with Gasteiger partial charge in [0.25, 0.3) is 11.5 Å². The van der Waals surface area contributed by atoms with E-state index in [1.54, 1.807) is 24.3 Å². The largest absolute Gasteiger partial charge is 0.506 e. The molecule has 4 rings (SSSR count). The van der Waals surface area contributed by atoms with Gasteiger partial charge in [0.05, 0.1) is 11.1 Å². The summed E-state index contributed by atoms with van der Waals surface area (Å²) in [5, 5.41) is 13.6. The summed E-state index contributed by atoms with van der Waals surface area (Å²) in [5.74, 6) is -1.67. The molecule has 0 aliphatic carbocycles. The first-order valence-corrected chi connectivity index (χ1v) is 8.83. The van der Waals surface area contributed by atoms with Crippen LogP contribution in [-0.2, 0) is 0 Å². The lowest BCUT2D eigenvalue weighted by Crippen LogP contribution is -2.29. The predicted octanol–water partition coefficient (Wildman–Crippen LogP) is 3.79. The summed E-state index contributed by atoms with van der Waals surface area (Å²) in [7, 11) is 0. The summed E-state index contributed by atoms with van der Waals surface area (Å²) >= 11 is 0. The second kappa shape index (κ2) is 7.20. The molecule has 2 N–H and O–H groups in total. The number of nitrogens with zero attached hydrogens (tertiary/aromatic N) is 2. The van der Waals surface area contributed by atoms with Gasteiger partial charge in [-0.1, -0.05) is 18.2 Å². The van der Waals surface area contributed by atoms with Crippen molar-refractivity contribution in [1.82, 2.24) is 9.55 Å².